The number of hydroxylamine groups is 3. The standard InChI is InChI=1S/C33H36F2N6O3/c1-2-23-26(34)8-5-19-13-22(42)14-24(27(19)23)29-28(35)30-25(15-36-29)31(40-16-20-6-7-21(17-40)37-20)39-32(38-30)44-18-33-9-3-11-41(33,43)12-4-10-33/h5,8,13-15,20-21,37,42H,2-4,6-7,9-12,16-18H2,1H3. The Morgan fingerprint density at radius 3 is 2.59 bits per heavy atom. The van der Waals surface area contributed by atoms with Crippen molar-refractivity contribution < 1.29 is 23.3 Å². The van der Waals surface area contributed by atoms with Crippen LogP contribution in [0.1, 0.15) is 51.0 Å². The van der Waals surface area contributed by atoms with Crippen molar-refractivity contribution in [2.45, 2.75) is 69.5 Å². The van der Waals surface area contributed by atoms with E-state index in [1.54, 1.807) is 18.3 Å². The maximum Gasteiger partial charge on any atom is 0.319 e. The van der Waals surface area contributed by atoms with Gasteiger partial charge >= 0.3 is 6.01 Å². The van der Waals surface area contributed by atoms with Crippen LogP contribution in [-0.2, 0) is 6.42 Å². The molecule has 11 heteroatoms. The van der Waals surface area contributed by atoms with Gasteiger partial charge in [-0.1, -0.05) is 13.0 Å². The zero-order valence-electron chi connectivity index (χ0n) is 24.8. The average Bonchev–Trinajstić information content (AvgIpc) is 3.63. The lowest BCUT2D eigenvalue weighted by molar-refractivity contribution is -0.905. The largest absolute Gasteiger partial charge is 0.632 e. The first kappa shape index (κ1) is 27.8. The molecule has 2 bridgehead atoms. The van der Waals surface area contributed by atoms with Crippen molar-refractivity contribution in [2.24, 2.45) is 0 Å². The number of nitrogens with one attached hydrogen (secondary N) is 1. The van der Waals surface area contributed by atoms with Crippen molar-refractivity contribution >= 4 is 27.5 Å². The van der Waals surface area contributed by atoms with Crippen molar-refractivity contribution in [3.05, 3.63) is 52.9 Å². The van der Waals surface area contributed by atoms with E-state index in [2.05, 4.69) is 20.2 Å². The summed E-state index contributed by atoms with van der Waals surface area (Å²) in [7, 11) is 0. The fraction of sp³-hybridized carbons (Fsp3) is 0.485. The lowest BCUT2D eigenvalue weighted by Crippen LogP contribution is -2.55. The van der Waals surface area contributed by atoms with Gasteiger partial charge in [0, 0.05) is 62.6 Å². The Morgan fingerprint density at radius 2 is 1.86 bits per heavy atom. The smallest absolute Gasteiger partial charge is 0.319 e. The molecular formula is C33H36F2N6O3. The molecule has 2 unspecified atom stereocenters. The Morgan fingerprint density at radius 1 is 1.11 bits per heavy atom. The van der Waals surface area contributed by atoms with E-state index in [0.29, 0.717) is 77.8 Å². The van der Waals surface area contributed by atoms with Gasteiger partial charge in [-0.15, -0.1) is 0 Å². The van der Waals surface area contributed by atoms with Gasteiger partial charge in [0.05, 0.1) is 18.5 Å². The van der Waals surface area contributed by atoms with Gasteiger partial charge in [-0.25, -0.2) is 8.78 Å². The molecule has 4 aliphatic rings. The number of phenols is 1. The summed E-state index contributed by atoms with van der Waals surface area (Å²) in [6.07, 6.45) is 7.40. The summed E-state index contributed by atoms with van der Waals surface area (Å²) in [6, 6.07) is 6.58. The second-order valence-electron chi connectivity index (χ2n) is 13.1. The number of halogens is 2. The lowest BCUT2D eigenvalue weighted by atomic mass is 9.94. The number of nitrogens with zero attached hydrogens (tertiary/aromatic N) is 5. The minimum atomic E-state index is -0.693. The van der Waals surface area contributed by atoms with E-state index in [1.807, 2.05) is 6.92 Å². The number of phenolic OH excluding ortho intramolecular Hbond substituents is 1. The number of hydrogen-bond donors (Lipinski definition) is 2. The molecule has 4 saturated heterocycles. The molecule has 4 aromatic rings. The summed E-state index contributed by atoms with van der Waals surface area (Å²) in [5, 5.41) is 29.3. The molecule has 2 aromatic carbocycles. The van der Waals surface area contributed by atoms with Gasteiger partial charge in [-0.05, 0) is 53.8 Å². The summed E-state index contributed by atoms with van der Waals surface area (Å²) in [6.45, 7) is 4.64. The van der Waals surface area contributed by atoms with Gasteiger partial charge in [0.1, 0.15) is 40.7 Å². The Balaban J connectivity index is 1.28. The van der Waals surface area contributed by atoms with Crippen LogP contribution in [0.3, 0.4) is 0 Å². The fourth-order valence-electron chi connectivity index (χ4n) is 8.42. The molecule has 0 radical (unpaired) electrons. The molecule has 2 N–H and O–H groups in total. The fourth-order valence-corrected chi connectivity index (χ4v) is 8.42. The highest BCUT2D eigenvalue weighted by Crippen LogP contribution is 2.46. The predicted molar refractivity (Wildman–Crippen MR) is 163 cm³/mol. The van der Waals surface area contributed by atoms with Crippen LogP contribution in [0.2, 0.25) is 0 Å². The van der Waals surface area contributed by atoms with Gasteiger partial charge in [0.25, 0.3) is 0 Å². The van der Waals surface area contributed by atoms with Crippen LogP contribution in [0.25, 0.3) is 32.9 Å². The molecular weight excluding hydrogens is 566 g/mol. The summed E-state index contributed by atoms with van der Waals surface area (Å²) >= 11 is 0. The van der Waals surface area contributed by atoms with E-state index >= 15 is 4.39 Å². The second-order valence-corrected chi connectivity index (χ2v) is 13.1. The molecule has 2 aromatic heterocycles. The minimum Gasteiger partial charge on any atom is -0.632 e. The predicted octanol–water partition coefficient (Wildman–Crippen LogP) is 5.35. The van der Waals surface area contributed by atoms with Gasteiger partial charge in [0.15, 0.2) is 5.82 Å². The molecule has 0 amide bonds. The third kappa shape index (κ3) is 4.23. The third-order valence-electron chi connectivity index (χ3n) is 10.6. The molecule has 9 nitrogen and oxygen atoms in total. The SMILES string of the molecule is CCc1c(F)ccc2cc(O)cc(-c3ncc4c(N5CC6CCC(C5)N6)nc(OCC56CCC[N+]5([O-])CCC6)nc4c3F)c12. The highest BCUT2D eigenvalue weighted by Gasteiger charge is 2.54. The average molecular weight is 603 g/mol. The van der Waals surface area contributed by atoms with Crippen LogP contribution in [-0.4, -0.2) is 75.1 Å². The van der Waals surface area contributed by atoms with Crippen molar-refractivity contribution in [1.29, 1.82) is 0 Å². The van der Waals surface area contributed by atoms with Gasteiger partial charge < -0.3 is 29.9 Å². The van der Waals surface area contributed by atoms with E-state index in [0.717, 1.165) is 38.5 Å². The number of anilines is 1. The number of aromatic nitrogens is 3. The molecule has 44 heavy (non-hydrogen) atoms. The van der Waals surface area contributed by atoms with Crippen LogP contribution in [0, 0.1) is 16.8 Å². The Hall–Kier alpha value is -3.67. The number of hydrogen-bond acceptors (Lipinski definition) is 8. The van der Waals surface area contributed by atoms with Crippen LogP contribution in [0.15, 0.2) is 30.5 Å². The third-order valence-corrected chi connectivity index (χ3v) is 10.6. The highest BCUT2D eigenvalue weighted by atomic mass is 19.1. The van der Waals surface area contributed by atoms with E-state index in [-0.39, 0.29) is 34.2 Å². The van der Waals surface area contributed by atoms with E-state index in [4.69, 9.17) is 9.72 Å². The van der Waals surface area contributed by atoms with E-state index in [1.165, 1.54) is 12.1 Å². The number of quaternary nitrogens is 1. The first-order valence-electron chi connectivity index (χ1n) is 15.8. The van der Waals surface area contributed by atoms with E-state index in [9.17, 15) is 14.7 Å². The Bertz CT molecular complexity index is 1780. The van der Waals surface area contributed by atoms with Crippen molar-refractivity contribution in [2.75, 3.05) is 37.7 Å². The second kappa shape index (κ2) is 10.2. The number of aryl methyl sites for hydroxylation is 1. The molecule has 230 valence electrons. The first-order chi connectivity index (χ1) is 21.3. The normalized spacial score (nSPS) is 27.9. The number of ether oxygens (including phenoxy) is 1. The monoisotopic (exact) mass is 602 g/mol. The number of fused-ring (bicyclic) bond motifs is 5. The zero-order valence-corrected chi connectivity index (χ0v) is 24.8. The first-order valence-corrected chi connectivity index (χ1v) is 15.8. The van der Waals surface area contributed by atoms with Crippen LogP contribution in [0.4, 0.5) is 14.6 Å². The number of rotatable bonds is 6. The van der Waals surface area contributed by atoms with Crippen molar-refractivity contribution in [1.82, 2.24) is 20.3 Å². The molecule has 0 aliphatic carbocycles. The Kier molecular flexibility index (Phi) is 6.44. The topological polar surface area (TPSA) is 106 Å². The number of aromatic hydroxyl groups is 1. The summed E-state index contributed by atoms with van der Waals surface area (Å²) in [5.41, 5.74) is 0.215. The summed E-state index contributed by atoms with van der Waals surface area (Å²) < 4.78 is 37.7. The molecule has 2 atom stereocenters. The molecule has 8 rings (SSSR count). The zero-order chi connectivity index (χ0) is 30.2. The van der Waals surface area contributed by atoms with Crippen LogP contribution < -0.4 is 15.0 Å². The quantitative estimate of drug-likeness (QED) is 0.225. The summed E-state index contributed by atoms with van der Waals surface area (Å²) in [4.78, 5) is 16.1. The molecule has 6 heterocycles. The molecule has 4 fully saturated rings. The van der Waals surface area contributed by atoms with Gasteiger partial charge in [-0.3, -0.25) is 4.98 Å². The van der Waals surface area contributed by atoms with Crippen LogP contribution in [0.5, 0.6) is 11.8 Å². The van der Waals surface area contributed by atoms with E-state index < -0.39 is 17.2 Å². The van der Waals surface area contributed by atoms with Gasteiger partial charge in [0.2, 0.25) is 0 Å². The van der Waals surface area contributed by atoms with Crippen LogP contribution >= 0.6 is 0 Å². The molecule has 0 spiro atoms. The lowest BCUT2D eigenvalue weighted by Gasteiger charge is -2.47. The maximum absolute atomic E-state index is 16.8. The number of pyridine rings is 1. The minimum absolute atomic E-state index is 0.0323. The maximum atomic E-state index is 16.8. The Labute approximate surface area is 254 Å². The molecule has 4 aliphatic heterocycles. The molecule has 0 saturated carbocycles. The van der Waals surface area contributed by atoms with Gasteiger partial charge in [-0.2, -0.15) is 9.97 Å². The number of benzene rings is 2. The van der Waals surface area contributed by atoms with Crippen molar-refractivity contribution in [3.8, 4) is 23.0 Å². The summed E-state index contributed by atoms with van der Waals surface area (Å²) in [5.74, 6) is -0.604. The highest BCUT2D eigenvalue weighted by molar-refractivity contribution is 6.01. The number of piperazine rings is 1. The van der Waals surface area contributed by atoms with Crippen molar-refractivity contribution in [3.63, 3.8) is 0 Å².